The summed E-state index contributed by atoms with van der Waals surface area (Å²) in [6, 6.07) is 19.8. The lowest BCUT2D eigenvalue weighted by Gasteiger charge is -2.18. The Balaban J connectivity index is 1.65. The van der Waals surface area contributed by atoms with Crippen LogP contribution in [0.25, 0.3) is 0 Å². The lowest BCUT2D eigenvalue weighted by atomic mass is 10.2. The number of para-hydroxylation sites is 2. The van der Waals surface area contributed by atoms with E-state index in [4.69, 9.17) is 0 Å². The molecule has 5 heteroatoms. The Labute approximate surface area is 140 Å². The Morgan fingerprint density at radius 1 is 1.04 bits per heavy atom. The summed E-state index contributed by atoms with van der Waals surface area (Å²) < 4.78 is 0. The lowest BCUT2D eigenvalue weighted by Crippen LogP contribution is -2.15. The van der Waals surface area contributed by atoms with E-state index in [0.717, 1.165) is 24.5 Å². The molecule has 0 saturated heterocycles. The van der Waals surface area contributed by atoms with Gasteiger partial charge in [-0.25, -0.2) is 9.97 Å². The van der Waals surface area contributed by atoms with Crippen molar-refractivity contribution in [2.45, 2.75) is 6.42 Å². The van der Waals surface area contributed by atoms with Crippen molar-refractivity contribution in [3.05, 3.63) is 72.1 Å². The second kappa shape index (κ2) is 6.01. The van der Waals surface area contributed by atoms with Gasteiger partial charge in [0.25, 0.3) is 0 Å². The molecule has 1 aliphatic rings. The van der Waals surface area contributed by atoms with Crippen molar-refractivity contribution in [2.75, 3.05) is 16.8 Å². The van der Waals surface area contributed by atoms with Gasteiger partial charge in [0, 0.05) is 18.3 Å². The molecule has 0 amide bonds. The first-order valence-corrected chi connectivity index (χ1v) is 7.79. The number of nitrogens with zero attached hydrogens (tertiary/aromatic N) is 4. The van der Waals surface area contributed by atoms with Crippen LogP contribution < -0.4 is 10.2 Å². The van der Waals surface area contributed by atoms with Gasteiger partial charge in [-0.1, -0.05) is 30.3 Å². The third-order valence-corrected chi connectivity index (χ3v) is 4.13. The molecule has 0 unspecified atom stereocenters. The molecule has 0 spiro atoms. The van der Waals surface area contributed by atoms with Gasteiger partial charge >= 0.3 is 0 Å². The van der Waals surface area contributed by atoms with Gasteiger partial charge in [-0.05, 0) is 30.2 Å². The second-order valence-electron chi connectivity index (χ2n) is 5.57. The van der Waals surface area contributed by atoms with Crippen molar-refractivity contribution >= 4 is 23.0 Å². The van der Waals surface area contributed by atoms with E-state index in [1.165, 1.54) is 11.3 Å². The quantitative estimate of drug-likeness (QED) is 0.797. The molecular formula is C19H15N5. The summed E-state index contributed by atoms with van der Waals surface area (Å²) in [5, 5.41) is 12.4. The van der Waals surface area contributed by atoms with E-state index in [0.29, 0.717) is 11.4 Å². The first-order chi connectivity index (χ1) is 11.8. The largest absolute Gasteiger partial charge is 0.339 e. The smallest absolute Gasteiger partial charge is 0.138 e. The van der Waals surface area contributed by atoms with Crippen LogP contribution in [0.2, 0.25) is 0 Å². The number of aromatic nitrogens is 2. The molecule has 2 heterocycles. The van der Waals surface area contributed by atoms with E-state index >= 15 is 0 Å². The predicted octanol–water partition coefficient (Wildman–Crippen LogP) is 3.79. The summed E-state index contributed by atoms with van der Waals surface area (Å²) in [4.78, 5) is 10.9. The van der Waals surface area contributed by atoms with Crippen LogP contribution in [0, 0.1) is 11.3 Å². The number of nitriles is 1. The van der Waals surface area contributed by atoms with Crippen molar-refractivity contribution in [1.82, 2.24) is 9.97 Å². The molecule has 24 heavy (non-hydrogen) atoms. The topological polar surface area (TPSA) is 64.8 Å². The fourth-order valence-corrected chi connectivity index (χ4v) is 2.97. The fraction of sp³-hybridized carbons (Fsp3) is 0.105. The average molecular weight is 313 g/mol. The average Bonchev–Trinajstić information content (AvgIpc) is 3.06. The number of rotatable bonds is 3. The van der Waals surface area contributed by atoms with Crippen molar-refractivity contribution in [3.8, 4) is 6.07 Å². The van der Waals surface area contributed by atoms with Crippen LogP contribution in [0.5, 0.6) is 0 Å². The van der Waals surface area contributed by atoms with E-state index in [-0.39, 0.29) is 0 Å². The van der Waals surface area contributed by atoms with Gasteiger partial charge < -0.3 is 10.2 Å². The number of nitrogens with one attached hydrogen (secondary N) is 1. The van der Waals surface area contributed by atoms with Crippen LogP contribution in [0.1, 0.15) is 11.1 Å². The van der Waals surface area contributed by atoms with Crippen LogP contribution in [-0.4, -0.2) is 16.5 Å². The summed E-state index contributed by atoms with van der Waals surface area (Å²) in [6.07, 6.45) is 2.56. The highest BCUT2D eigenvalue weighted by molar-refractivity contribution is 5.71. The van der Waals surface area contributed by atoms with Crippen LogP contribution in [0.3, 0.4) is 0 Å². The summed E-state index contributed by atoms with van der Waals surface area (Å²) in [7, 11) is 0. The maximum absolute atomic E-state index is 9.20. The number of hydrogen-bond acceptors (Lipinski definition) is 5. The van der Waals surface area contributed by atoms with Crippen molar-refractivity contribution in [1.29, 1.82) is 5.26 Å². The Morgan fingerprint density at radius 2 is 1.88 bits per heavy atom. The van der Waals surface area contributed by atoms with E-state index in [9.17, 15) is 5.26 Å². The number of hydrogen-bond donors (Lipinski definition) is 1. The van der Waals surface area contributed by atoms with Crippen molar-refractivity contribution in [3.63, 3.8) is 0 Å². The molecule has 0 bridgehead atoms. The molecule has 4 rings (SSSR count). The van der Waals surface area contributed by atoms with Gasteiger partial charge in [0.2, 0.25) is 0 Å². The van der Waals surface area contributed by atoms with Crippen LogP contribution in [0.15, 0.2) is 60.9 Å². The molecule has 0 atom stereocenters. The molecule has 1 aliphatic heterocycles. The normalized spacial score (nSPS) is 12.5. The Kier molecular flexibility index (Phi) is 3.56. The van der Waals surface area contributed by atoms with E-state index in [1.54, 1.807) is 12.4 Å². The van der Waals surface area contributed by atoms with Gasteiger partial charge in [-0.3, -0.25) is 0 Å². The minimum atomic E-state index is 0.587. The molecule has 5 nitrogen and oxygen atoms in total. The van der Waals surface area contributed by atoms with Gasteiger partial charge in [0.15, 0.2) is 0 Å². The molecule has 2 aromatic carbocycles. The highest BCUT2D eigenvalue weighted by Crippen LogP contribution is 2.33. The molecule has 0 fully saturated rings. The number of benzene rings is 2. The summed E-state index contributed by atoms with van der Waals surface area (Å²) in [6.45, 7) is 0.907. The second-order valence-corrected chi connectivity index (χ2v) is 5.57. The maximum atomic E-state index is 9.20. The Bertz CT molecular complexity index is 929. The third-order valence-electron chi connectivity index (χ3n) is 4.13. The number of fused-ring (bicyclic) bond motifs is 1. The molecule has 1 N–H and O–H groups in total. The van der Waals surface area contributed by atoms with E-state index in [2.05, 4.69) is 44.5 Å². The van der Waals surface area contributed by atoms with Crippen molar-refractivity contribution < 1.29 is 0 Å². The third kappa shape index (κ3) is 2.55. The van der Waals surface area contributed by atoms with Gasteiger partial charge in [-0.15, -0.1) is 0 Å². The summed E-state index contributed by atoms with van der Waals surface area (Å²) in [5.74, 6) is 1.53. The Morgan fingerprint density at radius 3 is 2.79 bits per heavy atom. The lowest BCUT2D eigenvalue weighted by molar-refractivity contribution is 0.965. The number of anilines is 4. The van der Waals surface area contributed by atoms with Gasteiger partial charge in [0.05, 0.1) is 11.3 Å². The zero-order valence-corrected chi connectivity index (χ0v) is 13.0. The molecular weight excluding hydrogens is 298 g/mol. The first kappa shape index (κ1) is 14.2. The fourth-order valence-electron chi connectivity index (χ4n) is 2.97. The molecule has 0 saturated carbocycles. The van der Waals surface area contributed by atoms with Crippen LogP contribution >= 0.6 is 0 Å². The molecule has 116 valence electrons. The molecule has 0 radical (unpaired) electrons. The SMILES string of the molecule is N#Cc1ccccc1Nc1cc(N2CCc3ccccc32)ncn1. The van der Waals surface area contributed by atoms with E-state index in [1.807, 2.05) is 30.3 Å². The molecule has 1 aromatic heterocycles. The van der Waals surface area contributed by atoms with Crippen LogP contribution in [0.4, 0.5) is 23.0 Å². The minimum Gasteiger partial charge on any atom is -0.339 e. The monoisotopic (exact) mass is 313 g/mol. The summed E-state index contributed by atoms with van der Waals surface area (Å²) >= 11 is 0. The van der Waals surface area contributed by atoms with Gasteiger partial charge in [-0.2, -0.15) is 5.26 Å². The first-order valence-electron chi connectivity index (χ1n) is 7.79. The van der Waals surface area contributed by atoms with Crippen molar-refractivity contribution in [2.24, 2.45) is 0 Å². The highest BCUT2D eigenvalue weighted by Gasteiger charge is 2.21. The zero-order chi connectivity index (χ0) is 16.4. The maximum Gasteiger partial charge on any atom is 0.138 e. The van der Waals surface area contributed by atoms with E-state index < -0.39 is 0 Å². The Hall–Kier alpha value is -3.39. The zero-order valence-electron chi connectivity index (χ0n) is 13.0. The predicted molar refractivity (Wildman–Crippen MR) is 93.6 cm³/mol. The molecule has 3 aromatic rings. The highest BCUT2D eigenvalue weighted by atomic mass is 15.2. The minimum absolute atomic E-state index is 0.587. The standard InChI is InChI=1S/C19H15N5/c20-12-15-6-1-3-7-16(15)23-18-11-19(22-13-21-18)24-10-9-14-5-2-4-8-17(14)24/h1-8,11,13H,9-10H2,(H,21,22,23). The molecule has 0 aliphatic carbocycles. The van der Waals surface area contributed by atoms with Gasteiger partial charge in [0.1, 0.15) is 24.0 Å². The van der Waals surface area contributed by atoms with Crippen LogP contribution in [-0.2, 0) is 6.42 Å². The summed E-state index contributed by atoms with van der Waals surface area (Å²) in [5.41, 5.74) is 3.86.